The minimum Gasteiger partial charge on any atom is -0.477 e. The van der Waals surface area contributed by atoms with Crippen molar-refractivity contribution in [1.29, 1.82) is 0 Å². The average Bonchev–Trinajstić information content (AvgIpc) is 2.28. The maximum atomic E-state index is 10.8. The van der Waals surface area contributed by atoms with E-state index in [0.717, 1.165) is 12.3 Å². The van der Waals surface area contributed by atoms with E-state index < -0.39 is 34.1 Å². The van der Waals surface area contributed by atoms with Crippen molar-refractivity contribution in [2.45, 2.75) is 13.0 Å². The van der Waals surface area contributed by atoms with E-state index in [1.54, 1.807) is 0 Å². The van der Waals surface area contributed by atoms with Crippen LogP contribution in [0.2, 0.25) is 0 Å². The summed E-state index contributed by atoms with van der Waals surface area (Å²) in [5.74, 6) is -2.10. The molecular formula is C9H10N4O5. The molecule has 18 heavy (non-hydrogen) atoms. The molecule has 0 aliphatic rings. The number of hydrogen-bond acceptors (Lipinski definition) is 6. The lowest BCUT2D eigenvalue weighted by Crippen LogP contribution is -2.32. The van der Waals surface area contributed by atoms with Gasteiger partial charge in [0.25, 0.3) is 0 Å². The van der Waals surface area contributed by atoms with Crippen molar-refractivity contribution in [2.75, 3.05) is 5.32 Å². The number of amides is 1. The molecule has 96 valence electrons. The Kier molecular flexibility index (Phi) is 3.77. The number of nitrogens with zero attached hydrogens (tertiary/aromatic N) is 2. The van der Waals surface area contributed by atoms with Crippen LogP contribution in [0.25, 0.3) is 0 Å². The van der Waals surface area contributed by atoms with Gasteiger partial charge < -0.3 is 16.2 Å². The van der Waals surface area contributed by atoms with Crippen LogP contribution in [0, 0.1) is 10.1 Å². The summed E-state index contributed by atoms with van der Waals surface area (Å²) in [5.41, 5.74) is 3.86. The number of carboxylic acid groups (broad SMARTS) is 1. The van der Waals surface area contributed by atoms with Crippen molar-refractivity contribution in [3.8, 4) is 0 Å². The van der Waals surface area contributed by atoms with Gasteiger partial charge in [-0.05, 0) is 6.92 Å². The predicted octanol–water partition coefficient (Wildman–Crippen LogP) is -0.0263. The zero-order chi connectivity index (χ0) is 13.9. The van der Waals surface area contributed by atoms with Crippen molar-refractivity contribution < 1.29 is 19.6 Å². The number of carboxylic acids is 1. The summed E-state index contributed by atoms with van der Waals surface area (Å²) in [5, 5.41) is 21.9. The quantitative estimate of drug-likeness (QED) is 0.493. The number of aromatic carboxylic acids is 1. The summed E-state index contributed by atoms with van der Waals surface area (Å²) in [4.78, 5) is 35.0. The van der Waals surface area contributed by atoms with Crippen LogP contribution < -0.4 is 11.1 Å². The molecule has 1 rings (SSSR count). The van der Waals surface area contributed by atoms with Crippen molar-refractivity contribution in [1.82, 2.24) is 4.98 Å². The Morgan fingerprint density at radius 2 is 2.22 bits per heavy atom. The summed E-state index contributed by atoms with van der Waals surface area (Å²) in [7, 11) is 0. The van der Waals surface area contributed by atoms with E-state index in [9.17, 15) is 19.7 Å². The summed E-state index contributed by atoms with van der Waals surface area (Å²) in [6.45, 7) is 1.45. The summed E-state index contributed by atoms with van der Waals surface area (Å²) in [6, 6.07) is 0.195. The molecule has 1 amide bonds. The van der Waals surface area contributed by atoms with Gasteiger partial charge in [-0.15, -0.1) is 0 Å². The van der Waals surface area contributed by atoms with Crippen LogP contribution in [0.5, 0.6) is 0 Å². The zero-order valence-electron chi connectivity index (χ0n) is 9.28. The molecule has 0 saturated carbocycles. The van der Waals surface area contributed by atoms with Crippen LogP contribution in [0.4, 0.5) is 11.5 Å². The van der Waals surface area contributed by atoms with Gasteiger partial charge in [-0.3, -0.25) is 14.9 Å². The lowest BCUT2D eigenvalue weighted by atomic mass is 10.2. The topological polar surface area (TPSA) is 148 Å². The number of pyridine rings is 1. The van der Waals surface area contributed by atoms with Crippen LogP contribution in [0.1, 0.15) is 17.3 Å². The van der Waals surface area contributed by atoms with Crippen LogP contribution in [-0.4, -0.2) is 32.9 Å². The maximum Gasteiger partial charge on any atom is 0.342 e. The largest absolute Gasteiger partial charge is 0.477 e. The summed E-state index contributed by atoms with van der Waals surface area (Å²) < 4.78 is 0. The first kappa shape index (κ1) is 13.4. The smallest absolute Gasteiger partial charge is 0.342 e. The van der Waals surface area contributed by atoms with Gasteiger partial charge in [-0.25, -0.2) is 9.78 Å². The molecule has 9 nitrogen and oxygen atoms in total. The van der Waals surface area contributed by atoms with E-state index >= 15 is 0 Å². The van der Waals surface area contributed by atoms with Crippen molar-refractivity contribution in [2.24, 2.45) is 5.73 Å². The fourth-order valence-electron chi connectivity index (χ4n) is 1.14. The van der Waals surface area contributed by atoms with Crippen molar-refractivity contribution >= 4 is 23.4 Å². The van der Waals surface area contributed by atoms with Crippen LogP contribution in [0.15, 0.2) is 12.3 Å². The zero-order valence-corrected chi connectivity index (χ0v) is 9.28. The third kappa shape index (κ3) is 2.90. The van der Waals surface area contributed by atoms with Crippen LogP contribution >= 0.6 is 0 Å². The van der Waals surface area contributed by atoms with E-state index in [0.29, 0.717) is 0 Å². The molecule has 1 unspecified atom stereocenters. The van der Waals surface area contributed by atoms with Gasteiger partial charge in [0.2, 0.25) is 5.91 Å². The van der Waals surface area contributed by atoms with E-state index in [2.05, 4.69) is 10.3 Å². The molecule has 4 N–H and O–H groups in total. The summed E-state index contributed by atoms with van der Waals surface area (Å²) in [6.07, 6.45) is 0.805. The van der Waals surface area contributed by atoms with Gasteiger partial charge in [0.15, 0.2) is 0 Å². The highest BCUT2D eigenvalue weighted by Gasteiger charge is 2.21. The van der Waals surface area contributed by atoms with Gasteiger partial charge in [0.05, 0.1) is 4.92 Å². The van der Waals surface area contributed by atoms with Crippen LogP contribution in [-0.2, 0) is 4.79 Å². The molecule has 0 radical (unpaired) electrons. The van der Waals surface area contributed by atoms with Gasteiger partial charge in [-0.1, -0.05) is 0 Å². The molecule has 0 aliphatic heterocycles. The minimum absolute atomic E-state index is 0.0179. The molecule has 0 saturated heterocycles. The number of hydrogen-bond donors (Lipinski definition) is 3. The van der Waals surface area contributed by atoms with E-state index in [1.807, 2.05) is 0 Å². The van der Waals surface area contributed by atoms with E-state index in [4.69, 9.17) is 10.8 Å². The molecule has 9 heteroatoms. The first-order valence-electron chi connectivity index (χ1n) is 4.76. The number of carbonyl (C=O) groups excluding carboxylic acids is 1. The van der Waals surface area contributed by atoms with E-state index in [-0.39, 0.29) is 5.82 Å². The summed E-state index contributed by atoms with van der Waals surface area (Å²) >= 11 is 0. The molecular weight excluding hydrogens is 244 g/mol. The molecule has 1 aromatic heterocycles. The second kappa shape index (κ2) is 5.08. The minimum atomic E-state index is -1.46. The number of aromatic nitrogens is 1. The Labute approximate surface area is 101 Å². The molecule has 0 bridgehead atoms. The number of anilines is 1. The Bertz CT molecular complexity index is 516. The second-order valence-electron chi connectivity index (χ2n) is 3.42. The second-order valence-corrected chi connectivity index (χ2v) is 3.42. The predicted molar refractivity (Wildman–Crippen MR) is 60.1 cm³/mol. The van der Waals surface area contributed by atoms with Crippen molar-refractivity contribution in [3.05, 3.63) is 27.9 Å². The number of nitrogens with one attached hydrogen (secondary N) is 1. The highest BCUT2D eigenvalue weighted by atomic mass is 16.6. The molecule has 1 atom stereocenters. The Morgan fingerprint density at radius 3 is 2.67 bits per heavy atom. The molecule has 0 aromatic carbocycles. The molecule has 0 aliphatic carbocycles. The fourth-order valence-corrected chi connectivity index (χ4v) is 1.14. The standard InChI is InChI=1S/C9H10N4O5/c1-4(8(10)14)12-7-2-5(9(15)16)6(3-11-7)13(17)18/h2-4H,1H3,(H2,10,14)(H,11,12)(H,15,16). The molecule has 1 aromatic rings. The first-order valence-corrected chi connectivity index (χ1v) is 4.76. The van der Waals surface area contributed by atoms with Crippen LogP contribution in [0.3, 0.4) is 0 Å². The number of primary amides is 1. The SMILES string of the molecule is CC(Nc1cc(C(=O)O)c([N+](=O)[O-])cn1)C(N)=O. The van der Waals surface area contributed by atoms with Gasteiger partial charge in [0, 0.05) is 6.07 Å². The van der Waals surface area contributed by atoms with Gasteiger partial charge >= 0.3 is 11.7 Å². The Balaban J connectivity index is 3.11. The van der Waals surface area contributed by atoms with Gasteiger partial charge in [0.1, 0.15) is 23.6 Å². The highest BCUT2D eigenvalue weighted by molar-refractivity contribution is 5.93. The van der Waals surface area contributed by atoms with Crippen molar-refractivity contribution in [3.63, 3.8) is 0 Å². The van der Waals surface area contributed by atoms with E-state index in [1.165, 1.54) is 6.92 Å². The number of carbonyl (C=O) groups is 2. The number of nitrogens with two attached hydrogens (primary N) is 1. The third-order valence-corrected chi connectivity index (χ3v) is 2.10. The molecule has 0 fully saturated rings. The lowest BCUT2D eigenvalue weighted by molar-refractivity contribution is -0.385. The van der Waals surface area contributed by atoms with Gasteiger partial charge in [-0.2, -0.15) is 0 Å². The maximum absolute atomic E-state index is 10.8. The monoisotopic (exact) mass is 254 g/mol. The lowest BCUT2D eigenvalue weighted by Gasteiger charge is -2.10. The normalized spacial score (nSPS) is 11.6. The number of rotatable bonds is 5. The highest BCUT2D eigenvalue weighted by Crippen LogP contribution is 2.20. The Hall–Kier alpha value is -2.71. The molecule has 1 heterocycles. The average molecular weight is 254 g/mol. The fraction of sp³-hybridized carbons (Fsp3) is 0.222. The Morgan fingerprint density at radius 1 is 1.61 bits per heavy atom. The first-order chi connectivity index (χ1) is 8.32. The molecule has 0 spiro atoms. The number of nitro groups is 1. The third-order valence-electron chi connectivity index (χ3n) is 2.10.